The van der Waals surface area contributed by atoms with Crippen molar-refractivity contribution >= 4 is 11.6 Å². The lowest BCUT2D eigenvalue weighted by atomic mass is 9.47. The van der Waals surface area contributed by atoms with Crippen LogP contribution in [0.5, 0.6) is 0 Å². The minimum atomic E-state index is 0.544. The van der Waals surface area contributed by atoms with E-state index in [4.69, 9.17) is 11.6 Å². The van der Waals surface area contributed by atoms with Gasteiger partial charge in [-0.3, -0.25) is 0 Å². The lowest BCUT2D eigenvalue weighted by Gasteiger charge is -2.59. The van der Waals surface area contributed by atoms with Crippen molar-refractivity contribution in [1.82, 2.24) is 5.32 Å². The van der Waals surface area contributed by atoms with Crippen LogP contribution in [0.15, 0.2) is 24.3 Å². The van der Waals surface area contributed by atoms with Crippen molar-refractivity contribution in [3.05, 3.63) is 34.9 Å². The highest BCUT2D eigenvalue weighted by Crippen LogP contribution is 2.61. The van der Waals surface area contributed by atoms with E-state index in [2.05, 4.69) is 24.5 Å². The topological polar surface area (TPSA) is 12.0 Å². The van der Waals surface area contributed by atoms with Gasteiger partial charge in [-0.25, -0.2) is 0 Å². The van der Waals surface area contributed by atoms with Crippen LogP contribution in [0, 0.1) is 23.2 Å². The molecule has 2 heteroatoms. The van der Waals surface area contributed by atoms with Crippen molar-refractivity contribution in [1.29, 1.82) is 0 Å². The zero-order valence-electron chi connectivity index (χ0n) is 12.9. The summed E-state index contributed by atoms with van der Waals surface area (Å²) in [5.41, 5.74) is 1.86. The predicted molar refractivity (Wildman–Crippen MR) is 88.6 cm³/mol. The Kier molecular flexibility index (Phi) is 3.54. The van der Waals surface area contributed by atoms with Gasteiger partial charge in [0.25, 0.3) is 0 Å². The van der Waals surface area contributed by atoms with Crippen LogP contribution in [0.4, 0.5) is 0 Å². The van der Waals surface area contributed by atoms with Gasteiger partial charge in [-0.1, -0.05) is 29.8 Å². The first-order chi connectivity index (χ1) is 10.2. The first-order valence-corrected chi connectivity index (χ1v) is 8.97. The SMILES string of the molecule is CNC(Cc1ccccc1Cl)C12CC3CC(CC(C3)C1)C2. The summed E-state index contributed by atoms with van der Waals surface area (Å²) in [6, 6.07) is 8.97. The lowest BCUT2D eigenvalue weighted by Crippen LogP contribution is -2.56. The van der Waals surface area contributed by atoms with E-state index in [0.717, 1.165) is 29.2 Å². The van der Waals surface area contributed by atoms with Gasteiger partial charge in [-0.05, 0) is 86.8 Å². The van der Waals surface area contributed by atoms with Crippen LogP contribution in [-0.4, -0.2) is 13.1 Å². The maximum atomic E-state index is 6.41. The van der Waals surface area contributed by atoms with Gasteiger partial charge in [-0.15, -0.1) is 0 Å². The maximum Gasteiger partial charge on any atom is 0.0438 e. The summed E-state index contributed by atoms with van der Waals surface area (Å²) in [5, 5.41) is 4.61. The van der Waals surface area contributed by atoms with Crippen LogP contribution in [0.25, 0.3) is 0 Å². The third-order valence-electron chi connectivity index (χ3n) is 6.56. The van der Waals surface area contributed by atoms with E-state index in [1.165, 1.54) is 44.1 Å². The molecule has 0 amide bonds. The van der Waals surface area contributed by atoms with Crippen LogP contribution in [0.1, 0.15) is 44.1 Å². The highest BCUT2D eigenvalue weighted by Gasteiger charge is 2.53. The summed E-state index contributed by atoms with van der Waals surface area (Å²) >= 11 is 6.41. The summed E-state index contributed by atoms with van der Waals surface area (Å²) in [5.74, 6) is 3.04. The second kappa shape index (κ2) is 5.28. The molecule has 1 aromatic rings. The molecular formula is C19H26ClN. The molecule has 21 heavy (non-hydrogen) atoms. The lowest BCUT2D eigenvalue weighted by molar-refractivity contribution is -0.0724. The van der Waals surface area contributed by atoms with E-state index < -0.39 is 0 Å². The van der Waals surface area contributed by atoms with Crippen molar-refractivity contribution in [2.24, 2.45) is 23.2 Å². The van der Waals surface area contributed by atoms with Crippen molar-refractivity contribution in [3.8, 4) is 0 Å². The van der Waals surface area contributed by atoms with E-state index in [0.29, 0.717) is 11.5 Å². The minimum Gasteiger partial charge on any atom is -0.316 e. The van der Waals surface area contributed by atoms with E-state index >= 15 is 0 Å². The number of likely N-dealkylation sites (N-methyl/N-ethyl adjacent to an activating group) is 1. The van der Waals surface area contributed by atoms with E-state index in [9.17, 15) is 0 Å². The van der Waals surface area contributed by atoms with E-state index in [-0.39, 0.29) is 0 Å². The molecule has 0 heterocycles. The van der Waals surface area contributed by atoms with Crippen LogP contribution in [-0.2, 0) is 6.42 Å². The van der Waals surface area contributed by atoms with Gasteiger partial charge in [0.2, 0.25) is 0 Å². The summed E-state index contributed by atoms with van der Waals surface area (Å²) < 4.78 is 0. The number of hydrogen-bond donors (Lipinski definition) is 1. The average molecular weight is 304 g/mol. The number of halogens is 1. The average Bonchev–Trinajstić information content (AvgIpc) is 2.44. The molecule has 0 radical (unpaired) electrons. The molecule has 0 aromatic heterocycles. The smallest absolute Gasteiger partial charge is 0.0438 e. The molecule has 1 atom stereocenters. The monoisotopic (exact) mass is 303 g/mol. The minimum absolute atomic E-state index is 0.544. The number of hydrogen-bond acceptors (Lipinski definition) is 1. The molecule has 0 saturated heterocycles. The Labute approximate surface area is 133 Å². The molecule has 4 saturated carbocycles. The highest BCUT2D eigenvalue weighted by molar-refractivity contribution is 6.31. The van der Waals surface area contributed by atoms with Crippen molar-refractivity contribution in [3.63, 3.8) is 0 Å². The van der Waals surface area contributed by atoms with E-state index in [1.54, 1.807) is 0 Å². The Morgan fingerprint density at radius 1 is 1.10 bits per heavy atom. The van der Waals surface area contributed by atoms with Crippen molar-refractivity contribution in [2.45, 2.75) is 51.0 Å². The van der Waals surface area contributed by atoms with Crippen LogP contribution in [0.3, 0.4) is 0 Å². The standard InChI is InChI=1S/C19H26ClN/c1-21-18(9-16-4-2-3-5-17(16)20)19-10-13-6-14(11-19)8-15(7-13)12-19/h2-5,13-15,18,21H,6-12H2,1H3. The van der Waals surface area contributed by atoms with Crippen LogP contribution >= 0.6 is 11.6 Å². The molecule has 5 rings (SSSR count). The van der Waals surface area contributed by atoms with Crippen LogP contribution < -0.4 is 5.32 Å². The molecule has 1 aromatic carbocycles. The molecule has 114 valence electrons. The molecule has 4 bridgehead atoms. The summed E-state index contributed by atoms with van der Waals surface area (Å²) in [7, 11) is 2.15. The van der Waals surface area contributed by atoms with Gasteiger partial charge in [0.05, 0.1) is 0 Å². The fourth-order valence-electron chi connectivity index (χ4n) is 6.11. The Balaban J connectivity index is 1.60. The highest BCUT2D eigenvalue weighted by atomic mass is 35.5. The molecule has 0 spiro atoms. The third-order valence-corrected chi connectivity index (χ3v) is 6.92. The Bertz CT molecular complexity index is 489. The normalized spacial score (nSPS) is 38.7. The first kappa shape index (κ1) is 14.1. The van der Waals surface area contributed by atoms with Gasteiger partial charge in [-0.2, -0.15) is 0 Å². The molecule has 4 aliphatic rings. The molecule has 1 unspecified atom stereocenters. The van der Waals surface area contributed by atoms with Gasteiger partial charge in [0.15, 0.2) is 0 Å². The molecule has 4 aliphatic carbocycles. The Morgan fingerprint density at radius 3 is 2.19 bits per heavy atom. The fraction of sp³-hybridized carbons (Fsp3) is 0.684. The first-order valence-electron chi connectivity index (χ1n) is 8.59. The Hall–Kier alpha value is -0.530. The molecule has 0 aliphatic heterocycles. The van der Waals surface area contributed by atoms with Gasteiger partial charge >= 0.3 is 0 Å². The number of rotatable bonds is 4. The second-order valence-corrected chi connectivity index (χ2v) is 8.32. The summed E-state index contributed by atoms with van der Waals surface area (Å²) in [4.78, 5) is 0. The second-order valence-electron chi connectivity index (χ2n) is 7.92. The number of benzene rings is 1. The molecule has 4 fully saturated rings. The molecule has 1 N–H and O–H groups in total. The largest absolute Gasteiger partial charge is 0.316 e. The predicted octanol–water partition coefficient (Wildman–Crippen LogP) is 4.69. The fourth-order valence-corrected chi connectivity index (χ4v) is 6.33. The van der Waals surface area contributed by atoms with E-state index in [1.807, 2.05) is 12.1 Å². The summed E-state index contributed by atoms with van der Waals surface area (Å²) in [6.07, 6.45) is 9.99. The van der Waals surface area contributed by atoms with Crippen LogP contribution in [0.2, 0.25) is 5.02 Å². The third kappa shape index (κ3) is 2.43. The number of nitrogens with one attached hydrogen (secondary N) is 1. The van der Waals surface area contributed by atoms with Crippen molar-refractivity contribution < 1.29 is 0 Å². The molecule has 1 nitrogen and oxygen atoms in total. The maximum absolute atomic E-state index is 6.41. The zero-order valence-corrected chi connectivity index (χ0v) is 13.7. The Morgan fingerprint density at radius 2 is 1.67 bits per heavy atom. The van der Waals surface area contributed by atoms with Gasteiger partial charge < -0.3 is 5.32 Å². The quantitative estimate of drug-likeness (QED) is 0.851. The summed E-state index contributed by atoms with van der Waals surface area (Å²) in [6.45, 7) is 0. The molecular weight excluding hydrogens is 278 g/mol. The van der Waals surface area contributed by atoms with Crippen molar-refractivity contribution in [2.75, 3.05) is 7.05 Å². The zero-order chi connectivity index (χ0) is 14.4. The van der Waals surface area contributed by atoms with Gasteiger partial charge in [0, 0.05) is 11.1 Å². The van der Waals surface area contributed by atoms with Gasteiger partial charge in [0.1, 0.15) is 0 Å².